The van der Waals surface area contributed by atoms with Crippen LogP contribution in [-0.4, -0.2) is 48.0 Å². The van der Waals surface area contributed by atoms with Crippen molar-refractivity contribution >= 4 is 11.6 Å². The number of nitrogens with zero attached hydrogens (tertiary/aromatic N) is 3. The SMILES string of the molecule is NC(=Nc1ccccc1)N1CCC(N2CCCCC2)C1. The fourth-order valence-corrected chi connectivity index (χ4v) is 3.24. The molecule has 0 spiro atoms. The van der Waals surface area contributed by atoms with Crippen LogP contribution in [0.2, 0.25) is 0 Å². The second-order valence-corrected chi connectivity index (χ2v) is 5.79. The number of guanidine groups is 1. The minimum atomic E-state index is 0.663. The Morgan fingerprint density at radius 3 is 2.55 bits per heavy atom. The van der Waals surface area contributed by atoms with E-state index in [9.17, 15) is 0 Å². The van der Waals surface area contributed by atoms with E-state index in [-0.39, 0.29) is 0 Å². The average Bonchev–Trinajstić information content (AvgIpc) is 2.99. The minimum absolute atomic E-state index is 0.663. The number of nitrogens with two attached hydrogens (primary N) is 1. The molecule has 1 unspecified atom stereocenters. The third kappa shape index (κ3) is 3.12. The third-order valence-electron chi connectivity index (χ3n) is 4.39. The van der Waals surface area contributed by atoms with E-state index in [1.54, 1.807) is 0 Å². The van der Waals surface area contributed by atoms with E-state index in [2.05, 4.69) is 14.8 Å². The van der Waals surface area contributed by atoms with Gasteiger partial charge in [0, 0.05) is 19.1 Å². The Morgan fingerprint density at radius 2 is 1.80 bits per heavy atom. The molecule has 0 amide bonds. The Morgan fingerprint density at radius 1 is 1.05 bits per heavy atom. The molecule has 0 aromatic heterocycles. The van der Waals surface area contributed by atoms with Gasteiger partial charge < -0.3 is 10.6 Å². The summed E-state index contributed by atoms with van der Waals surface area (Å²) in [6, 6.07) is 10.6. The smallest absolute Gasteiger partial charge is 0.196 e. The van der Waals surface area contributed by atoms with Crippen molar-refractivity contribution in [1.29, 1.82) is 0 Å². The van der Waals surface area contributed by atoms with Crippen LogP contribution < -0.4 is 5.73 Å². The van der Waals surface area contributed by atoms with E-state index >= 15 is 0 Å². The first-order chi connectivity index (χ1) is 9.83. The van der Waals surface area contributed by atoms with E-state index in [0.717, 1.165) is 18.8 Å². The van der Waals surface area contributed by atoms with Crippen LogP contribution in [0.1, 0.15) is 25.7 Å². The van der Waals surface area contributed by atoms with Crippen LogP contribution >= 0.6 is 0 Å². The van der Waals surface area contributed by atoms with Crippen LogP contribution in [0.4, 0.5) is 5.69 Å². The molecule has 4 heteroatoms. The van der Waals surface area contributed by atoms with E-state index in [1.807, 2.05) is 30.3 Å². The van der Waals surface area contributed by atoms with Crippen molar-refractivity contribution < 1.29 is 0 Å². The summed E-state index contributed by atoms with van der Waals surface area (Å²) in [5, 5.41) is 0. The zero-order valence-corrected chi connectivity index (χ0v) is 12.0. The molecule has 0 bridgehead atoms. The molecule has 2 aliphatic heterocycles. The number of benzene rings is 1. The lowest BCUT2D eigenvalue weighted by Gasteiger charge is -2.32. The highest BCUT2D eigenvalue weighted by Gasteiger charge is 2.29. The van der Waals surface area contributed by atoms with Crippen molar-refractivity contribution in [2.75, 3.05) is 26.2 Å². The molecule has 1 atom stereocenters. The molecule has 2 fully saturated rings. The molecule has 1 aromatic rings. The second kappa shape index (κ2) is 6.27. The molecule has 108 valence electrons. The first kappa shape index (κ1) is 13.4. The van der Waals surface area contributed by atoms with Gasteiger partial charge >= 0.3 is 0 Å². The van der Waals surface area contributed by atoms with Crippen LogP contribution in [0.15, 0.2) is 35.3 Å². The lowest BCUT2D eigenvalue weighted by atomic mass is 10.1. The summed E-state index contributed by atoms with van der Waals surface area (Å²) in [4.78, 5) is 9.39. The molecule has 2 saturated heterocycles. The van der Waals surface area contributed by atoms with Gasteiger partial charge in [0.05, 0.1) is 5.69 Å². The van der Waals surface area contributed by atoms with Gasteiger partial charge in [-0.15, -0.1) is 0 Å². The Balaban J connectivity index is 1.60. The van der Waals surface area contributed by atoms with Crippen molar-refractivity contribution in [2.24, 2.45) is 10.7 Å². The van der Waals surface area contributed by atoms with E-state index in [4.69, 9.17) is 5.73 Å². The number of piperidine rings is 1. The van der Waals surface area contributed by atoms with Gasteiger partial charge in [-0.25, -0.2) is 4.99 Å². The summed E-state index contributed by atoms with van der Waals surface area (Å²) in [6.07, 6.45) is 5.31. The Labute approximate surface area is 121 Å². The predicted molar refractivity (Wildman–Crippen MR) is 83.1 cm³/mol. The maximum absolute atomic E-state index is 6.16. The normalized spacial score (nSPS) is 25.1. The zero-order valence-electron chi connectivity index (χ0n) is 12.0. The molecular weight excluding hydrogens is 248 g/mol. The standard InChI is InChI=1S/C16H24N4/c17-16(18-14-7-3-1-4-8-14)20-12-9-15(13-20)19-10-5-2-6-11-19/h1,3-4,7-8,15H,2,5-6,9-13H2,(H2,17,18). The van der Waals surface area contributed by atoms with Crippen molar-refractivity contribution in [2.45, 2.75) is 31.7 Å². The van der Waals surface area contributed by atoms with Crippen LogP contribution in [0.25, 0.3) is 0 Å². The first-order valence-corrected chi connectivity index (χ1v) is 7.71. The van der Waals surface area contributed by atoms with Crippen molar-refractivity contribution in [3.8, 4) is 0 Å². The van der Waals surface area contributed by atoms with Crippen LogP contribution in [-0.2, 0) is 0 Å². The lowest BCUT2D eigenvalue weighted by molar-refractivity contribution is 0.169. The van der Waals surface area contributed by atoms with E-state index in [0.29, 0.717) is 12.0 Å². The van der Waals surface area contributed by atoms with Crippen molar-refractivity contribution in [3.63, 3.8) is 0 Å². The number of para-hydroxylation sites is 1. The highest BCUT2D eigenvalue weighted by Crippen LogP contribution is 2.20. The molecule has 1 aromatic carbocycles. The number of aliphatic imine (C=N–C) groups is 1. The van der Waals surface area contributed by atoms with Gasteiger partial charge in [0.15, 0.2) is 5.96 Å². The Hall–Kier alpha value is -1.55. The van der Waals surface area contributed by atoms with Gasteiger partial charge in [-0.2, -0.15) is 0 Å². The fraction of sp³-hybridized carbons (Fsp3) is 0.562. The maximum Gasteiger partial charge on any atom is 0.196 e. The molecule has 0 saturated carbocycles. The minimum Gasteiger partial charge on any atom is -0.369 e. The topological polar surface area (TPSA) is 44.9 Å². The summed E-state index contributed by atoms with van der Waals surface area (Å²) in [5.74, 6) is 0.663. The molecule has 20 heavy (non-hydrogen) atoms. The quantitative estimate of drug-likeness (QED) is 0.663. The molecule has 3 rings (SSSR count). The van der Waals surface area contributed by atoms with Gasteiger partial charge in [-0.05, 0) is 44.5 Å². The Bertz CT molecular complexity index is 451. The number of hydrogen-bond acceptors (Lipinski definition) is 2. The Kier molecular flexibility index (Phi) is 4.21. The molecule has 2 heterocycles. The molecule has 0 aliphatic carbocycles. The van der Waals surface area contributed by atoms with Gasteiger partial charge in [0.25, 0.3) is 0 Å². The third-order valence-corrected chi connectivity index (χ3v) is 4.39. The molecule has 2 N–H and O–H groups in total. The van der Waals surface area contributed by atoms with Crippen LogP contribution in [0.5, 0.6) is 0 Å². The van der Waals surface area contributed by atoms with Crippen molar-refractivity contribution in [3.05, 3.63) is 30.3 Å². The van der Waals surface area contributed by atoms with Crippen molar-refractivity contribution in [1.82, 2.24) is 9.80 Å². The number of hydrogen-bond donors (Lipinski definition) is 1. The van der Waals surface area contributed by atoms with Gasteiger partial charge in [0.2, 0.25) is 0 Å². The summed E-state index contributed by atoms with van der Waals surface area (Å²) in [6.45, 7) is 4.58. The molecule has 2 aliphatic rings. The predicted octanol–water partition coefficient (Wildman–Crippen LogP) is 2.19. The van der Waals surface area contributed by atoms with E-state index < -0.39 is 0 Å². The summed E-state index contributed by atoms with van der Waals surface area (Å²) >= 11 is 0. The molecular formula is C16H24N4. The first-order valence-electron chi connectivity index (χ1n) is 7.71. The van der Waals surface area contributed by atoms with Gasteiger partial charge in [-0.3, -0.25) is 4.90 Å². The number of likely N-dealkylation sites (tertiary alicyclic amines) is 2. The summed E-state index contributed by atoms with van der Waals surface area (Å²) in [5.41, 5.74) is 7.10. The largest absolute Gasteiger partial charge is 0.369 e. The summed E-state index contributed by atoms with van der Waals surface area (Å²) < 4.78 is 0. The zero-order chi connectivity index (χ0) is 13.8. The molecule has 4 nitrogen and oxygen atoms in total. The van der Waals surface area contributed by atoms with Crippen LogP contribution in [0, 0.1) is 0 Å². The average molecular weight is 272 g/mol. The van der Waals surface area contributed by atoms with E-state index in [1.165, 1.54) is 38.8 Å². The summed E-state index contributed by atoms with van der Waals surface area (Å²) in [7, 11) is 0. The fourth-order valence-electron chi connectivity index (χ4n) is 3.24. The second-order valence-electron chi connectivity index (χ2n) is 5.79. The maximum atomic E-state index is 6.16. The monoisotopic (exact) mass is 272 g/mol. The lowest BCUT2D eigenvalue weighted by Crippen LogP contribution is -2.43. The van der Waals surface area contributed by atoms with Crippen LogP contribution in [0.3, 0.4) is 0 Å². The molecule has 0 radical (unpaired) electrons. The highest BCUT2D eigenvalue weighted by atomic mass is 15.3. The highest BCUT2D eigenvalue weighted by molar-refractivity contribution is 5.81. The number of rotatable bonds is 2. The van der Waals surface area contributed by atoms with Gasteiger partial charge in [0.1, 0.15) is 0 Å². The van der Waals surface area contributed by atoms with Gasteiger partial charge in [-0.1, -0.05) is 24.6 Å².